The molecule has 0 spiro atoms. The third-order valence-electron chi connectivity index (χ3n) is 3.81. The Balaban J connectivity index is 2.40. The average molecular weight is 357 g/mol. The van der Waals surface area contributed by atoms with Crippen LogP contribution in [0.4, 0.5) is 5.69 Å². The summed E-state index contributed by atoms with van der Waals surface area (Å²) in [5.74, 6) is 1.32. The number of hydrogen-bond acceptors (Lipinski definition) is 4. The predicted octanol–water partition coefficient (Wildman–Crippen LogP) is 4.75. The highest BCUT2D eigenvalue weighted by Gasteiger charge is 2.18. The van der Waals surface area contributed by atoms with E-state index in [-0.39, 0.29) is 5.91 Å². The Bertz CT molecular complexity index is 744. The van der Waals surface area contributed by atoms with Crippen LogP contribution in [-0.2, 0) is 0 Å². The average Bonchev–Trinajstić information content (AvgIpc) is 2.61. The maximum absolute atomic E-state index is 12.8. The van der Waals surface area contributed by atoms with Crippen molar-refractivity contribution in [2.75, 3.05) is 25.1 Å². The Morgan fingerprint density at radius 3 is 2.00 bits per heavy atom. The third kappa shape index (κ3) is 4.69. The monoisotopic (exact) mass is 357 g/mol. The van der Waals surface area contributed by atoms with Crippen LogP contribution in [0.5, 0.6) is 17.2 Å². The van der Waals surface area contributed by atoms with Gasteiger partial charge in [0.25, 0.3) is 5.91 Å². The van der Waals surface area contributed by atoms with E-state index >= 15 is 0 Å². The lowest BCUT2D eigenvalue weighted by Gasteiger charge is -2.17. The first-order valence-electron chi connectivity index (χ1n) is 8.95. The number of hydrogen-bond donors (Lipinski definition) is 1. The maximum atomic E-state index is 12.8. The molecule has 0 aliphatic heterocycles. The van der Waals surface area contributed by atoms with Crippen molar-refractivity contribution in [3.63, 3.8) is 0 Å². The number of ether oxygens (including phenoxy) is 3. The smallest absolute Gasteiger partial charge is 0.255 e. The van der Waals surface area contributed by atoms with Gasteiger partial charge >= 0.3 is 0 Å². The van der Waals surface area contributed by atoms with Gasteiger partial charge in [-0.1, -0.05) is 12.1 Å². The lowest BCUT2D eigenvalue weighted by Crippen LogP contribution is -2.14. The van der Waals surface area contributed by atoms with E-state index in [9.17, 15) is 4.79 Å². The zero-order valence-electron chi connectivity index (χ0n) is 16.1. The summed E-state index contributed by atoms with van der Waals surface area (Å²) in [5, 5.41) is 2.97. The number of anilines is 1. The van der Waals surface area contributed by atoms with Gasteiger partial charge in [0, 0.05) is 11.3 Å². The largest absolute Gasteiger partial charge is 0.490 e. The summed E-state index contributed by atoms with van der Waals surface area (Å²) in [6.07, 6.45) is 0. The summed E-state index contributed by atoms with van der Waals surface area (Å²) < 4.78 is 17.0. The summed E-state index contributed by atoms with van der Waals surface area (Å²) in [5.41, 5.74) is 3.34. The van der Waals surface area contributed by atoms with E-state index in [0.717, 1.165) is 16.8 Å². The Labute approximate surface area is 155 Å². The Hall–Kier alpha value is -2.69. The van der Waals surface area contributed by atoms with Gasteiger partial charge < -0.3 is 19.5 Å². The van der Waals surface area contributed by atoms with Gasteiger partial charge in [-0.15, -0.1) is 0 Å². The van der Waals surface area contributed by atoms with Crippen LogP contribution in [0.1, 0.15) is 42.3 Å². The molecule has 5 nitrogen and oxygen atoms in total. The van der Waals surface area contributed by atoms with Gasteiger partial charge in [-0.3, -0.25) is 4.79 Å². The Kier molecular flexibility index (Phi) is 6.89. The van der Waals surface area contributed by atoms with Crippen LogP contribution in [0, 0.1) is 13.8 Å². The standard InChI is InChI=1S/C21H27NO4/c1-6-24-18-12-16(13-19(25-7-2)20(18)26-8-3)21(23)22-17-11-14(4)9-10-15(17)5/h9-13H,6-8H2,1-5H3,(H,22,23). The fourth-order valence-electron chi connectivity index (χ4n) is 2.58. The fraction of sp³-hybridized carbons (Fsp3) is 0.381. The number of carbonyl (C=O) groups is 1. The molecule has 0 saturated heterocycles. The van der Waals surface area contributed by atoms with Crippen molar-refractivity contribution in [3.05, 3.63) is 47.0 Å². The second kappa shape index (κ2) is 9.13. The molecule has 2 aromatic rings. The molecule has 1 N–H and O–H groups in total. The van der Waals surface area contributed by atoms with Crippen molar-refractivity contribution in [3.8, 4) is 17.2 Å². The molecule has 0 atom stereocenters. The van der Waals surface area contributed by atoms with E-state index in [1.807, 2.05) is 52.8 Å². The summed E-state index contributed by atoms with van der Waals surface area (Å²) in [6, 6.07) is 9.34. The summed E-state index contributed by atoms with van der Waals surface area (Å²) >= 11 is 0. The number of carbonyl (C=O) groups excluding carboxylic acids is 1. The van der Waals surface area contributed by atoms with Gasteiger partial charge in [-0.2, -0.15) is 0 Å². The van der Waals surface area contributed by atoms with Crippen LogP contribution in [0.2, 0.25) is 0 Å². The molecule has 0 aromatic heterocycles. The van der Waals surface area contributed by atoms with Crippen LogP contribution < -0.4 is 19.5 Å². The Morgan fingerprint density at radius 2 is 1.46 bits per heavy atom. The normalized spacial score (nSPS) is 10.3. The van der Waals surface area contributed by atoms with Gasteiger partial charge in [0.15, 0.2) is 11.5 Å². The molecule has 0 saturated carbocycles. The molecule has 0 aliphatic carbocycles. The molecule has 2 rings (SSSR count). The minimum atomic E-state index is -0.219. The topological polar surface area (TPSA) is 56.8 Å². The summed E-state index contributed by atoms with van der Waals surface area (Å²) in [7, 11) is 0. The molecular formula is C21H27NO4. The fourth-order valence-corrected chi connectivity index (χ4v) is 2.58. The molecule has 26 heavy (non-hydrogen) atoms. The molecule has 1 amide bonds. The number of benzene rings is 2. The highest BCUT2D eigenvalue weighted by atomic mass is 16.5. The lowest BCUT2D eigenvalue weighted by molar-refractivity contribution is 0.102. The minimum absolute atomic E-state index is 0.219. The number of amides is 1. The highest BCUT2D eigenvalue weighted by molar-refractivity contribution is 6.05. The van der Waals surface area contributed by atoms with Crippen molar-refractivity contribution >= 4 is 11.6 Å². The molecule has 0 radical (unpaired) electrons. The third-order valence-corrected chi connectivity index (χ3v) is 3.81. The number of nitrogens with one attached hydrogen (secondary N) is 1. The van der Waals surface area contributed by atoms with Gasteiger partial charge in [0.2, 0.25) is 5.75 Å². The molecule has 0 unspecified atom stereocenters. The number of aryl methyl sites for hydroxylation is 2. The molecule has 0 bridgehead atoms. The van der Waals surface area contributed by atoms with Gasteiger partial charge in [-0.05, 0) is 63.9 Å². The second-order valence-electron chi connectivity index (χ2n) is 5.87. The molecule has 0 aliphatic rings. The van der Waals surface area contributed by atoms with E-state index in [0.29, 0.717) is 42.6 Å². The van der Waals surface area contributed by atoms with Crippen molar-refractivity contribution in [2.24, 2.45) is 0 Å². The van der Waals surface area contributed by atoms with Crippen LogP contribution in [0.15, 0.2) is 30.3 Å². The molecule has 0 heterocycles. The molecule has 0 fully saturated rings. The zero-order valence-corrected chi connectivity index (χ0v) is 16.1. The highest BCUT2D eigenvalue weighted by Crippen LogP contribution is 2.39. The van der Waals surface area contributed by atoms with E-state index in [1.54, 1.807) is 12.1 Å². The first kappa shape index (κ1) is 19.6. The van der Waals surface area contributed by atoms with Gasteiger partial charge in [-0.25, -0.2) is 0 Å². The van der Waals surface area contributed by atoms with Crippen molar-refractivity contribution in [2.45, 2.75) is 34.6 Å². The molecular weight excluding hydrogens is 330 g/mol. The van der Waals surface area contributed by atoms with Gasteiger partial charge in [0.05, 0.1) is 19.8 Å². The second-order valence-corrected chi connectivity index (χ2v) is 5.87. The quantitative estimate of drug-likeness (QED) is 0.740. The van der Waals surface area contributed by atoms with E-state index in [2.05, 4.69) is 5.32 Å². The van der Waals surface area contributed by atoms with Crippen LogP contribution in [0.3, 0.4) is 0 Å². The first-order valence-corrected chi connectivity index (χ1v) is 8.95. The SMILES string of the molecule is CCOc1cc(C(=O)Nc2cc(C)ccc2C)cc(OCC)c1OCC. The van der Waals surface area contributed by atoms with E-state index in [4.69, 9.17) is 14.2 Å². The summed E-state index contributed by atoms with van der Waals surface area (Å²) in [4.78, 5) is 12.8. The minimum Gasteiger partial charge on any atom is -0.490 e. The van der Waals surface area contributed by atoms with Crippen molar-refractivity contribution in [1.29, 1.82) is 0 Å². The molecule has 140 valence electrons. The van der Waals surface area contributed by atoms with Crippen LogP contribution >= 0.6 is 0 Å². The lowest BCUT2D eigenvalue weighted by atomic mass is 10.1. The maximum Gasteiger partial charge on any atom is 0.255 e. The molecule has 5 heteroatoms. The van der Waals surface area contributed by atoms with Crippen LogP contribution in [0.25, 0.3) is 0 Å². The van der Waals surface area contributed by atoms with Crippen molar-refractivity contribution < 1.29 is 19.0 Å². The van der Waals surface area contributed by atoms with Gasteiger partial charge in [0.1, 0.15) is 0 Å². The number of rotatable bonds is 8. The first-order chi connectivity index (χ1) is 12.5. The predicted molar refractivity (Wildman–Crippen MR) is 104 cm³/mol. The van der Waals surface area contributed by atoms with E-state index in [1.165, 1.54) is 0 Å². The zero-order chi connectivity index (χ0) is 19.1. The van der Waals surface area contributed by atoms with E-state index < -0.39 is 0 Å². The van der Waals surface area contributed by atoms with Crippen LogP contribution in [-0.4, -0.2) is 25.7 Å². The summed E-state index contributed by atoms with van der Waals surface area (Å²) in [6.45, 7) is 11.0. The molecule has 2 aromatic carbocycles. The van der Waals surface area contributed by atoms with Crippen molar-refractivity contribution in [1.82, 2.24) is 0 Å². The Morgan fingerprint density at radius 1 is 0.885 bits per heavy atom.